The molecule has 1 fully saturated rings. The molecule has 1 aromatic carbocycles. The van der Waals surface area contributed by atoms with Gasteiger partial charge in [0.05, 0.1) is 0 Å². The van der Waals surface area contributed by atoms with Crippen LogP contribution in [0.25, 0.3) is 0 Å². The number of carbonyl (C=O) groups is 1. The molecule has 1 aromatic rings. The van der Waals surface area contributed by atoms with Crippen molar-refractivity contribution in [2.45, 2.75) is 12.8 Å². The third-order valence-corrected chi connectivity index (χ3v) is 3.13. The molecule has 1 aliphatic rings. The topological polar surface area (TPSA) is 52.9 Å². The first-order valence-electron chi connectivity index (χ1n) is 5.83. The summed E-state index contributed by atoms with van der Waals surface area (Å²) in [6.45, 7) is 1.45. The number of rotatable bonds is 2. The lowest BCUT2D eigenvalue weighted by molar-refractivity contribution is 0.0711. The average Bonchev–Trinajstić information content (AvgIpc) is 2.40. The monoisotopic (exact) mass is 232 g/mol. The zero-order valence-electron chi connectivity index (χ0n) is 9.62. The molecule has 0 aliphatic carbocycles. The van der Waals surface area contributed by atoms with Crippen LogP contribution in [-0.2, 0) is 0 Å². The predicted molar refractivity (Wildman–Crippen MR) is 65.3 cm³/mol. The number of oxime groups is 1. The zero-order valence-corrected chi connectivity index (χ0v) is 9.62. The minimum atomic E-state index is 0.0880. The van der Waals surface area contributed by atoms with E-state index in [2.05, 4.69) is 5.16 Å². The third-order valence-electron chi connectivity index (χ3n) is 3.13. The molecule has 1 heterocycles. The highest BCUT2D eigenvalue weighted by molar-refractivity contribution is 5.94. The molecule has 4 nitrogen and oxygen atoms in total. The standard InChI is InChI=1S/C13H16N2O2/c16-13(12-4-2-1-3-5-12)15-8-6-11(7-9-15)10-14-17/h1-5,10-11,17H,6-9H2. The van der Waals surface area contributed by atoms with E-state index in [1.54, 1.807) is 6.21 Å². The average molecular weight is 232 g/mol. The van der Waals surface area contributed by atoms with Crippen LogP contribution in [0.4, 0.5) is 0 Å². The zero-order chi connectivity index (χ0) is 12.1. The summed E-state index contributed by atoms with van der Waals surface area (Å²) in [6, 6.07) is 9.32. The van der Waals surface area contributed by atoms with Crippen LogP contribution in [-0.4, -0.2) is 35.3 Å². The Kier molecular flexibility index (Phi) is 3.75. The van der Waals surface area contributed by atoms with E-state index in [1.807, 2.05) is 35.2 Å². The van der Waals surface area contributed by atoms with Crippen LogP contribution in [0, 0.1) is 5.92 Å². The van der Waals surface area contributed by atoms with E-state index in [4.69, 9.17) is 5.21 Å². The number of nitrogens with zero attached hydrogens (tertiary/aromatic N) is 2. The van der Waals surface area contributed by atoms with Gasteiger partial charge in [0, 0.05) is 30.8 Å². The molecule has 0 atom stereocenters. The Hall–Kier alpha value is -1.84. The molecule has 0 saturated carbocycles. The number of carbonyl (C=O) groups excluding carboxylic acids is 1. The molecular weight excluding hydrogens is 216 g/mol. The van der Waals surface area contributed by atoms with Gasteiger partial charge in [0.1, 0.15) is 0 Å². The molecule has 17 heavy (non-hydrogen) atoms. The van der Waals surface area contributed by atoms with Gasteiger partial charge in [-0.1, -0.05) is 18.2 Å². The number of piperidine rings is 1. The second-order valence-electron chi connectivity index (χ2n) is 4.26. The van der Waals surface area contributed by atoms with Gasteiger partial charge in [0.25, 0.3) is 5.91 Å². The fraction of sp³-hybridized carbons (Fsp3) is 0.385. The number of benzene rings is 1. The quantitative estimate of drug-likeness (QED) is 0.481. The Morgan fingerprint density at radius 2 is 1.94 bits per heavy atom. The van der Waals surface area contributed by atoms with Crippen LogP contribution in [0.15, 0.2) is 35.5 Å². The maximum Gasteiger partial charge on any atom is 0.253 e. The van der Waals surface area contributed by atoms with Crippen molar-refractivity contribution in [1.82, 2.24) is 4.90 Å². The molecule has 0 unspecified atom stereocenters. The van der Waals surface area contributed by atoms with E-state index in [9.17, 15) is 4.79 Å². The van der Waals surface area contributed by atoms with Crippen LogP contribution in [0.2, 0.25) is 0 Å². The van der Waals surface area contributed by atoms with Crippen molar-refractivity contribution in [3.63, 3.8) is 0 Å². The molecule has 90 valence electrons. The van der Waals surface area contributed by atoms with E-state index >= 15 is 0 Å². The van der Waals surface area contributed by atoms with Crippen molar-refractivity contribution in [2.24, 2.45) is 11.1 Å². The van der Waals surface area contributed by atoms with E-state index in [-0.39, 0.29) is 5.91 Å². The summed E-state index contributed by atoms with van der Waals surface area (Å²) < 4.78 is 0. The summed E-state index contributed by atoms with van der Waals surface area (Å²) in [4.78, 5) is 14.0. The van der Waals surface area contributed by atoms with Gasteiger partial charge in [0.2, 0.25) is 0 Å². The molecule has 1 N–H and O–H groups in total. The molecular formula is C13H16N2O2. The first-order valence-corrected chi connectivity index (χ1v) is 5.83. The fourth-order valence-electron chi connectivity index (χ4n) is 2.11. The maximum absolute atomic E-state index is 12.1. The predicted octanol–water partition coefficient (Wildman–Crippen LogP) is 2.00. The van der Waals surface area contributed by atoms with E-state index in [0.717, 1.165) is 31.5 Å². The largest absolute Gasteiger partial charge is 0.411 e. The minimum Gasteiger partial charge on any atom is -0.411 e. The Bertz CT molecular complexity index is 395. The molecule has 0 aromatic heterocycles. The van der Waals surface area contributed by atoms with Crippen molar-refractivity contribution < 1.29 is 10.0 Å². The van der Waals surface area contributed by atoms with Gasteiger partial charge < -0.3 is 10.1 Å². The molecule has 0 bridgehead atoms. The van der Waals surface area contributed by atoms with Crippen LogP contribution >= 0.6 is 0 Å². The summed E-state index contributed by atoms with van der Waals surface area (Å²) >= 11 is 0. The van der Waals surface area contributed by atoms with Crippen molar-refractivity contribution in [1.29, 1.82) is 0 Å². The maximum atomic E-state index is 12.1. The SMILES string of the molecule is O=C(c1ccccc1)N1CCC(C=NO)CC1. The number of likely N-dealkylation sites (tertiary alicyclic amines) is 1. The summed E-state index contributed by atoms with van der Waals surface area (Å²) in [5.74, 6) is 0.379. The second kappa shape index (κ2) is 5.48. The van der Waals surface area contributed by atoms with E-state index < -0.39 is 0 Å². The Balaban J connectivity index is 1.95. The van der Waals surface area contributed by atoms with Crippen molar-refractivity contribution in [3.05, 3.63) is 35.9 Å². The summed E-state index contributed by atoms with van der Waals surface area (Å²) in [6.07, 6.45) is 3.29. The van der Waals surface area contributed by atoms with Crippen LogP contribution in [0.3, 0.4) is 0 Å². The lowest BCUT2D eigenvalue weighted by Gasteiger charge is -2.30. The van der Waals surface area contributed by atoms with Gasteiger partial charge >= 0.3 is 0 Å². The van der Waals surface area contributed by atoms with Gasteiger partial charge in [0.15, 0.2) is 0 Å². The molecule has 4 heteroatoms. The van der Waals surface area contributed by atoms with E-state index in [1.165, 1.54) is 0 Å². The third kappa shape index (κ3) is 2.84. The second-order valence-corrected chi connectivity index (χ2v) is 4.26. The van der Waals surface area contributed by atoms with Crippen molar-refractivity contribution in [3.8, 4) is 0 Å². The molecule has 1 aliphatic heterocycles. The lowest BCUT2D eigenvalue weighted by atomic mass is 9.97. The van der Waals surface area contributed by atoms with Crippen LogP contribution < -0.4 is 0 Å². The summed E-state index contributed by atoms with van der Waals surface area (Å²) in [5, 5.41) is 11.5. The molecule has 2 rings (SSSR count). The number of hydrogen-bond acceptors (Lipinski definition) is 3. The van der Waals surface area contributed by atoms with Crippen LogP contribution in [0.5, 0.6) is 0 Å². The molecule has 0 spiro atoms. The van der Waals surface area contributed by atoms with Gasteiger partial charge in [-0.05, 0) is 25.0 Å². The minimum absolute atomic E-state index is 0.0880. The summed E-state index contributed by atoms with van der Waals surface area (Å²) in [7, 11) is 0. The van der Waals surface area contributed by atoms with E-state index in [0.29, 0.717) is 5.92 Å². The Labute approximate surface area is 101 Å². The fourth-order valence-corrected chi connectivity index (χ4v) is 2.11. The van der Waals surface area contributed by atoms with Crippen molar-refractivity contribution >= 4 is 12.1 Å². The van der Waals surface area contributed by atoms with Gasteiger partial charge in [-0.2, -0.15) is 0 Å². The smallest absolute Gasteiger partial charge is 0.253 e. The molecule has 0 radical (unpaired) electrons. The molecule has 1 amide bonds. The highest BCUT2D eigenvalue weighted by Gasteiger charge is 2.22. The first kappa shape index (κ1) is 11.6. The van der Waals surface area contributed by atoms with Crippen molar-refractivity contribution in [2.75, 3.05) is 13.1 Å². The van der Waals surface area contributed by atoms with Crippen LogP contribution in [0.1, 0.15) is 23.2 Å². The Morgan fingerprint density at radius 1 is 1.29 bits per heavy atom. The highest BCUT2D eigenvalue weighted by Crippen LogP contribution is 2.17. The van der Waals surface area contributed by atoms with Gasteiger partial charge in [-0.3, -0.25) is 4.79 Å². The van der Waals surface area contributed by atoms with Gasteiger partial charge in [-0.15, -0.1) is 5.16 Å². The normalized spacial score (nSPS) is 17.5. The van der Waals surface area contributed by atoms with Gasteiger partial charge in [-0.25, -0.2) is 0 Å². The first-order chi connectivity index (χ1) is 8.31. The Morgan fingerprint density at radius 3 is 2.53 bits per heavy atom. The number of hydrogen-bond donors (Lipinski definition) is 1. The highest BCUT2D eigenvalue weighted by atomic mass is 16.4. The molecule has 1 saturated heterocycles. The summed E-state index contributed by atoms with van der Waals surface area (Å²) in [5.41, 5.74) is 0.738. The lowest BCUT2D eigenvalue weighted by Crippen LogP contribution is -2.38. The number of amides is 1.